The highest BCUT2D eigenvalue weighted by molar-refractivity contribution is 6.03. The van der Waals surface area contributed by atoms with Gasteiger partial charge in [0.2, 0.25) is 5.60 Å². The molecule has 214 valence electrons. The number of carbonyl (C=O) groups is 5. The van der Waals surface area contributed by atoms with Crippen LogP contribution in [0.2, 0.25) is 0 Å². The second kappa shape index (κ2) is 7.05. The summed E-state index contributed by atoms with van der Waals surface area (Å²) in [5, 5.41) is 0. The Bertz CT molecular complexity index is 1410. The maximum Gasteiger partial charge on any atom is 0.345 e. The Morgan fingerprint density at radius 1 is 0.925 bits per heavy atom. The molecule has 11 nitrogen and oxygen atoms in total. The van der Waals surface area contributed by atoms with Crippen molar-refractivity contribution in [2.24, 2.45) is 16.2 Å². The van der Waals surface area contributed by atoms with Crippen LogP contribution >= 0.6 is 0 Å². The fourth-order valence-electron chi connectivity index (χ4n) is 9.09. The lowest BCUT2D eigenvalue weighted by Crippen LogP contribution is -2.82. The fourth-order valence-corrected chi connectivity index (χ4v) is 9.09. The van der Waals surface area contributed by atoms with Crippen LogP contribution < -0.4 is 0 Å². The minimum atomic E-state index is -2.07. The number of ether oxygens (including phenoxy) is 6. The van der Waals surface area contributed by atoms with Crippen LogP contribution in [0.25, 0.3) is 0 Å². The zero-order valence-electron chi connectivity index (χ0n) is 23.5. The minimum Gasteiger partial charge on any atom is -0.462 e. The summed E-state index contributed by atoms with van der Waals surface area (Å²) < 4.78 is 36.5. The summed E-state index contributed by atoms with van der Waals surface area (Å²) in [7, 11) is 0. The first-order chi connectivity index (χ1) is 18.4. The predicted molar refractivity (Wildman–Crippen MR) is 133 cm³/mol. The molecule has 0 radical (unpaired) electrons. The van der Waals surface area contributed by atoms with Crippen molar-refractivity contribution < 1.29 is 52.4 Å². The SMILES string of the molecule is C=C1C2(C=CC(=O)OC2(C)C)CC(OC(C)=O)C2(C)C13OC14C(=O)OC(C)(C(=C)C12C(=O)OC4C)C3OC(C)=O. The molecule has 4 aliphatic heterocycles. The number of carbonyl (C=O) groups excluding carboxylic acids is 5. The van der Waals surface area contributed by atoms with Gasteiger partial charge in [0.1, 0.15) is 28.8 Å². The van der Waals surface area contributed by atoms with E-state index in [4.69, 9.17) is 28.4 Å². The summed E-state index contributed by atoms with van der Waals surface area (Å²) >= 11 is 0. The Morgan fingerprint density at radius 3 is 2.12 bits per heavy atom. The van der Waals surface area contributed by atoms with Crippen LogP contribution in [0.5, 0.6) is 0 Å². The summed E-state index contributed by atoms with van der Waals surface area (Å²) in [5.41, 5.74) is -11.4. The van der Waals surface area contributed by atoms with Crippen molar-refractivity contribution in [1.29, 1.82) is 0 Å². The molecule has 2 aliphatic carbocycles. The Kier molecular flexibility index (Phi) is 4.71. The summed E-state index contributed by atoms with van der Waals surface area (Å²) in [4.78, 5) is 66.1. The normalized spacial score (nSPS) is 49.2. The molecular formula is C29H32O11. The van der Waals surface area contributed by atoms with E-state index in [1.807, 2.05) is 0 Å². The average Bonchev–Trinajstić information content (AvgIpc) is 3.14. The van der Waals surface area contributed by atoms with Gasteiger partial charge in [0.15, 0.2) is 11.7 Å². The molecular weight excluding hydrogens is 524 g/mol. The second-order valence-electron chi connectivity index (χ2n) is 12.6. The highest BCUT2D eigenvalue weighted by Gasteiger charge is 3.01. The molecule has 4 heterocycles. The van der Waals surface area contributed by atoms with Gasteiger partial charge in [-0.25, -0.2) is 9.59 Å². The number of rotatable bonds is 2. The summed E-state index contributed by atoms with van der Waals surface area (Å²) in [6.45, 7) is 19.2. The Hall–Kier alpha value is -3.47. The lowest BCUT2D eigenvalue weighted by molar-refractivity contribution is -0.265. The molecule has 2 spiro atoms. The molecule has 9 unspecified atom stereocenters. The largest absolute Gasteiger partial charge is 0.462 e. The monoisotopic (exact) mass is 556 g/mol. The van der Waals surface area contributed by atoms with Crippen LogP contribution in [0.15, 0.2) is 36.5 Å². The van der Waals surface area contributed by atoms with Gasteiger partial charge in [0, 0.05) is 26.3 Å². The lowest BCUT2D eigenvalue weighted by Gasteiger charge is -2.69. The van der Waals surface area contributed by atoms with Gasteiger partial charge in [-0.2, -0.15) is 0 Å². The van der Waals surface area contributed by atoms with Gasteiger partial charge in [0.05, 0.1) is 10.8 Å². The molecule has 3 bridgehead atoms. The zero-order valence-corrected chi connectivity index (χ0v) is 23.5. The molecule has 0 aromatic carbocycles. The van der Waals surface area contributed by atoms with Crippen LogP contribution in [0.1, 0.15) is 54.9 Å². The van der Waals surface area contributed by atoms with Crippen LogP contribution in [-0.2, 0) is 52.4 Å². The van der Waals surface area contributed by atoms with E-state index in [1.165, 1.54) is 33.8 Å². The molecule has 0 aromatic heterocycles. The topological polar surface area (TPSA) is 141 Å². The van der Waals surface area contributed by atoms with E-state index in [9.17, 15) is 24.0 Å². The molecule has 0 N–H and O–H groups in total. The van der Waals surface area contributed by atoms with Crippen molar-refractivity contribution in [1.82, 2.24) is 0 Å². The average molecular weight is 557 g/mol. The molecule has 2 saturated carbocycles. The molecule has 11 heteroatoms. The third-order valence-electron chi connectivity index (χ3n) is 10.8. The van der Waals surface area contributed by atoms with E-state index >= 15 is 0 Å². The van der Waals surface area contributed by atoms with E-state index in [0.29, 0.717) is 0 Å². The molecule has 6 rings (SSSR count). The van der Waals surface area contributed by atoms with Crippen LogP contribution in [0, 0.1) is 16.2 Å². The molecule has 40 heavy (non-hydrogen) atoms. The second-order valence-corrected chi connectivity index (χ2v) is 12.6. The van der Waals surface area contributed by atoms with Crippen LogP contribution in [0.3, 0.4) is 0 Å². The van der Waals surface area contributed by atoms with Gasteiger partial charge >= 0.3 is 29.8 Å². The molecule has 0 aromatic rings. The number of esters is 5. The van der Waals surface area contributed by atoms with Crippen molar-refractivity contribution in [3.63, 3.8) is 0 Å². The maximum absolute atomic E-state index is 14.2. The number of cyclic esters (lactones) is 2. The number of hydrogen-bond donors (Lipinski definition) is 0. The fraction of sp³-hybridized carbons (Fsp3) is 0.621. The minimum absolute atomic E-state index is 0.00483. The van der Waals surface area contributed by atoms with Crippen molar-refractivity contribution in [2.45, 2.75) is 95.6 Å². The Morgan fingerprint density at radius 2 is 1.55 bits per heavy atom. The van der Waals surface area contributed by atoms with Crippen molar-refractivity contribution in [2.75, 3.05) is 0 Å². The van der Waals surface area contributed by atoms with E-state index in [1.54, 1.807) is 26.8 Å². The van der Waals surface area contributed by atoms with Gasteiger partial charge in [-0.05, 0) is 38.8 Å². The van der Waals surface area contributed by atoms with E-state index in [0.717, 1.165) is 0 Å². The molecule has 6 aliphatic rings. The van der Waals surface area contributed by atoms with Crippen molar-refractivity contribution >= 4 is 29.8 Å². The van der Waals surface area contributed by atoms with Gasteiger partial charge in [-0.3, -0.25) is 14.4 Å². The summed E-state index contributed by atoms with van der Waals surface area (Å²) in [5.74, 6) is -3.65. The smallest absolute Gasteiger partial charge is 0.345 e. The Balaban J connectivity index is 1.80. The van der Waals surface area contributed by atoms with E-state index in [-0.39, 0.29) is 17.6 Å². The van der Waals surface area contributed by atoms with Gasteiger partial charge in [-0.1, -0.05) is 26.2 Å². The predicted octanol–water partition coefficient (Wildman–Crippen LogP) is 2.02. The van der Waals surface area contributed by atoms with E-state index in [2.05, 4.69) is 13.2 Å². The number of hydrogen-bond acceptors (Lipinski definition) is 11. The quantitative estimate of drug-likeness (QED) is 0.280. The van der Waals surface area contributed by atoms with Gasteiger partial charge in [0.25, 0.3) is 0 Å². The molecule has 3 saturated heterocycles. The third kappa shape index (κ3) is 2.24. The van der Waals surface area contributed by atoms with Crippen molar-refractivity contribution in [3.05, 3.63) is 36.5 Å². The number of fused-ring (bicyclic) bond motifs is 1. The van der Waals surface area contributed by atoms with Gasteiger partial charge in [-0.15, -0.1) is 0 Å². The standard InChI is InChI=1S/C29H32O11/c1-13-24(8)20(37-17(5)31)28-14(2)26(11-10-19(32)38-23(26,6)7)12-18(36-16(4)30)25(28,9)27(13)21(33)35-15(3)29(27,40-28)22(34)39-24/h10-11,15,18,20H,1-2,12H2,3-9H3. The molecule has 0 amide bonds. The lowest BCUT2D eigenvalue weighted by atomic mass is 9.34. The first-order valence-corrected chi connectivity index (χ1v) is 13.2. The van der Waals surface area contributed by atoms with Crippen LogP contribution in [0.4, 0.5) is 0 Å². The summed E-state index contributed by atoms with van der Waals surface area (Å²) in [6.07, 6.45) is -0.868. The van der Waals surface area contributed by atoms with Crippen LogP contribution in [-0.4, -0.2) is 70.6 Å². The molecule has 5 fully saturated rings. The highest BCUT2D eigenvalue weighted by Crippen LogP contribution is 2.84. The first-order valence-electron chi connectivity index (χ1n) is 13.2. The zero-order chi connectivity index (χ0) is 29.6. The van der Waals surface area contributed by atoms with E-state index < -0.39 is 86.8 Å². The highest BCUT2D eigenvalue weighted by atomic mass is 16.7. The maximum atomic E-state index is 14.2. The first kappa shape index (κ1) is 26.7. The summed E-state index contributed by atoms with van der Waals surface area (Å²) in [6, 6.07) is 0. The molecule has 9 atom stereocenters. The third-order valence-corrected chi connectivity index (χ3v) is 10.8. The van der Waals surface area contributed by atoms with Crippen molar-refractivity contribution in [3.8, 4) is 0 Å². The van der Waals surface area contributed by atoms with Gasteiger partial charge < -0.3 is 28.4 Å². The Labute approximate surface area is 230 Å².